The largest absolute Gasteiger partial charge is 0.323 e. The number of nitrogens with two attached hydrogens (primary N) is 1. The highest BCUT2D eigenvalue weighted by Crippen LogP contribution is 2.36. The molecule has 2 N–H and O–H groups in total. The van der Waals surface area contributed by atoms with E-state index in [0.717, 1.165) is 6.42 Å². The van der Waals surface area contributed by atoms with E-state index in [4.69, 9.17) is 5.73 Å². The molecule has 1 aliphatic rings. The fraction of sp³-hybridized carbons (Fsp3) is 0.750. The highest BCUT2D eigenvalue weighted by atomic mass is 15.3. The molecular weight excluding hydrogens is 186 g/mol. The van der Waals surface area contributed by atoms with Crippen LogP contribution in [-0.4, -0.2) is 9.78 Å². The van der Waals surface area contributed by atoms with E-state index in [1.807, 2.05) is 6.92 Å². The third-order valence-corrected chi connectivity index (χ3v) is 2.79. The summed E-state index contributed by atoms with van der Waals surface area (Å²) in [5.41, 5.74) is 8.36. The SMILES string of the molecule is CC(C)Cc1cc(C(C)N)n(C2CC2)n1. The lowest BCUT2D eigenvalue weighted by Crippen LogP contribution is -2.12. The number of nitrogens with zero attached hydrogens (tertiary/aromatic N) is 2. The van der Waals surface area contributed by atoms with Gasteiger partial charge in [-0.3, -0.25) is 4.68 Å². The zero-order chi connectivity index (χ0) is 11.0. The van der Waals surface area contributed by atoms with Crippen LogP contribution in [0.1, 0.15) is 57.1 Å². The molecule has 1 unspecified atom stereocenters. The molecule has 1 aliphatic carbocycles. The molecule has 3 heteroatoms. The first-order chi connectivity index (χ1) is 7.08. The van der Waals surface area contributed by atoms with Crippen LogP contribution < -0.4 is 5.73 Å². The van der Waals surface area contributed by atoms with E-state index in [1.165, 1.54) is 24.2 Å². The first-order valence-corrected chi connectivity index (χ1v) is 5.92. The van der Waals surface area contributed by atoms with Crippen LogP contribution in [0.4, 0.5) is 0 Å². The van der Waals surface area contributed by atoms with Crippen molar-refractivity contribution in [3.63, 3.8) is 0 Å². The van der Waals surface area contributed by atoms with E-state index in [9.17, 15) is 0 Å². The fourth-order valence-electron chi connectivity index (χ4n) is 1.93. The number of hydrogen-bond acceptors (Lipinski definition) is 2. The molecule has 3 nitrogen and oxygen atoms in total. The number of aromatic nitrogens is 2. The third-order valence-electron chi connectivity index (χ3n) is 2.79. The molecular formula is C12H21N3. The maximum absolute atomic E-state index is 5.96. The Labute approximate surface area is 91.7 Å². The van der Waals surface area contributed by atoms with Gasteiger partial charge in [0, 0.05) is 6.04 Å². The number of rotatable bonds is 4. The molecule has 1 saturated carbocycles. The molecule has 1 aromatic heterocycles. The van der Waals surface area contributed by atoms with Crippen LogP contribution in [0.5, 0.6) is 0 Å². The van der Waals surface area contributed by atoms with Gasteiger partial charge < -0.3 is 5.73 Å². The van der Waals surface area contributed by atoms with Crippen molar-refractivity contribution in [2.45, 2.75) is 52.1 Å². The molecule has 0 aromatic carbocycles. The topological polar surface area (TPSA) is 43.8 Å². The molecule has 0 bridgehead atoms. The van der Waals surface area contributed by atoms with E-state index in [0.29, 0.717) is 12.0 Å². The predicted octanol–water partition coefficient (Wildman–Crippen LogP) is 2.44. The van der Waals surface area contributed by atoms with E-state index >= 15 is 0 Å². The van der Waals surface area contributed by atoms with Crippen LogP contribution in [-0.2, 0) is 6.42 Å². The van der Waals surface area contributed by atoms with E-state index in [2.05, 4.69) is 29.7 Å². The van der Waals surface area contributed by atoms with Crippen molar-refractivity contribution in [2.75, 3.05) is 0 Å². The van der Waals surface area contributed by atoms with Crippen molar-refractivity contribution in [2.24, 2.45) is 11.7 Å². The van der Waals surface area contributed by atoms with Crippen LogP contribution in [0.15, 0.2) is 6.07 Å². The maximum atomic E-state index is 5.96. The first kappa shape index (κ1) is 10.7. The highest BCUT2D eigenvalue weighted by Gasteiger charge is 2.28. The van der Waals surface area contributed by atoms with Gasteiger partial charge in [-0.1, -0.05) is 13.8 Å². The van der Waals surface area contributed by atoms with Crippen molar-refractivity contribution in [3.05, 3.63) is 17.5 Å². The lowest BCUT2D eigenvalue weighted by Gasteiger charge is -2.07. The van der Waals surface area contributed by atoms with Crippen molar-refractivity contribution in [1.29, 1.82) is 0 Å². The lowest BCUT2D eigenvalue weighted by atomic mass is 10.1. The molecule has 84 valence electrons. The van der Waals surface area contributed by atoms with Gasteiger partial charge in [-0.05, 0) is 38.2 Å². The molecule has 0 spiro atoms. The van der Waals surface area contributed by atoms with Crippen LogP contribution in [0.2, 0.25) is 0 Å². The molecule has 0 saturated heterocycles. The van der Waals surface area contributed by atoms with Gasteiger partial charge in [0.25, 0.3) is 0 Å². The molecule has 1 fully saturated rings. The maximum Gasteiger partial charge on any atom is 0.0630 e. The Morgan fingerprint density at radius 1 is 1.47 bits per heavy atom. The molecule has 0 amide bonds. The molecule has 2 rings (SSSR count). The predicted molar refractivity (Wildman–Crippen MR) is 61.6 cm³/mol. The van der Waals surface area contributed by atoms with Crippen molar-refractivity contribution in [3.8, 4) is 0 Å². The molecule has 0 aliphatic heterocycles. The summed E-state index contributed by atoms with van der Waals surface area (Å²) in [6, 6.07) is 2.91. The first-order valence-electron chi connectivity index (χ1n) is 5.92. The minimum absolute atomic E-state index is 0.0963. The summed E-state index contributed by atoms with van der Waals surface area (Å²) >= 11 is 0. The summed E-state index contributed by atoms with van der Waals surface area (Å²) < 4.78 is 2.16. The average Bonchev–Trinajstić information content (AvgIpc) is 2.87. The Kier molecular flexibility index (Phi) is 2.83. The molecule has 1 atom stereocenters. The van der Waals surface area contributed by atoms with Crippen LogP contribution in [0.3, 0.4) is 0 Å². The quantitative estimate of drug-likeness (QED) is 0.824. The second kappa shape index (κ2) is 3.97. The highest BCUT2D eigenvalue weighted by molar-refractivity contribution is 5.16. The van der Waals surface area contributed by atoms with Gasteiger partial charge in [-0.15, -0.1) is 0 Å². The van der Waals surface area contributed by atoms with Gasteiger partial charge in [0.1, 0.15) is 0 Å². The summed E-state index contributed by atoms with van der Waals surface area (Å²) in [5, 5.41) is 4.67. The van der Waals surface area contributed by atoms with Crippen LogP contribution in [0.25, 0.3) is 0 Å². The summed E-state index contributed by atoms with van der Waals surface area (Å²) in [7, 11) is 0. The third kappa shape index (κ3) is 2.40. The second-order valence-electron chi connectivity index (χ2n) is 5.12. The van der Waals surface area contributed by atoms with Gasteiger partial charge in [-0.2, -0.15) is 5.10 Å². The van der Waals surface area contributed by atoms with Crippen LogP contribution in [0, 0.1) is 5.92 Å². The lowest BCUT2D eigenvalue weighted by molar-refractivity contribution is 0.559. The van der Waals surface area contributed by atoms with Crippen molar-refractivity contribution < 1.29 is 0 Å². The van der Waals surface area contributed by atoms with Gasteiger partial charge in [0.2, 0.25) is 0 Å². The Morgan fingerprint density at radius 2 is 2.13 bits per heavy atom. The standard InChI is InChI=1S/C12H21N3/c1-8(2)6-10-7-12(9(3)13)15(14-10)11-4-5-11/h7-9,11H,4-6,13H2,1-3H3. The summed E-state index contributed by atoms with van der Waals surface area (Å²) in [6.45, 7) is 6.48. The van der Waals surface area contributed by atoms with Crippen molar-refractivity contribution in [1.82, 2.24) is 9.78 Å². The summed E-state index contributed by atoms with van der Waals surface area (Å²) in [6.07, 6.45) is 3.59. The minimum Gasteiger partial charge on any atom is -0.323 e. The Bertz CT molecular complexity index is 315. The summed E-state index contributed by atoms with van der Waals surface area (Å²) in [5.74, 6) is 0.661. The normalized spacial score (nSPS) is 18.5. The van der Waals surface area contributed by atoms with Gasteiger partial charge in [0.05, 0.1) is 17.4 Å². The van der Waals surface area contributed by atoms with Crippen molar-refractivity contribution >= 4 is 0 Å². The Hall–Kier alpha value is -0.830. The Morgan fingerprint density at radius 3 is 2.60 bits per heavy atom. The molecule has 1 aromatic rings. The monoisotopic (exact) mass is 207 g/mol. The minimum atomic E-state index is 0.0963. The van der Waals surface area contributed by atoms with E-state index in [1.54, 1.807) is 0 Å². The van der Waals surface area contributed by atoms with E-state index in [-0.39, 0.29) is 6.04 Å². The molecule has 0 radical (unpaired) electrons. The van der Waals surface area contributed by atoms with Crippen LogP contribution >= 0.6 is 0 Å². The average molecular weight is 207 g/mol. The van der Waals surface area contributed by atoms with Gasteiger partial charge in [0.15, 0.2) is 0 Å². The second-order valence-corrected chi connectivity index (χ2v) is 5.12. The molecule has 1 heterocycles. The van der Waals surface area contributed by atoms with Gasteiger partial charge in [-0.25, -0.2) is 0 Å². The zero-order valence-corrected chi connectivity index (χ0v) is 9.90. The smallest absolute Gasteiger partial charge is 0.0630 e. The molecule has 15 heavy (non-hydrogen) atoms. The summed E-state index contributed by atoms with van der Waals surface area (Å²) in [4.78, 5) is 0. The van der Waals surface area contributed by atoms with E-state index < -0.39 is 0 Å². The Balaban J connectivity index is 2.23. The number of hydrogen-bond donors (Lipinski definition) is 1. The zero-order valence-electron chi connectivity index (χ0n) is 9.90. The van der Waals surface area contributed by atoms with Gasteiger partial charge >= 0.3 is 0 Å². The fourth-order valence-corrected chi connectivity index (χ4v) is 1.93.